The van der Waals surface area contributed by atoms with E-state index in [2.05, 4.69) is 5.32 Å². The number of methoxy groups -OCH3 is 1. The average molecular weight is 385 g/mol. The summed E-state index contributed by atoms with van der Waals surface area (Å²) in [5.41, 5.74) is 1.87. The lowest BCUT2D eigenvalue weighted by Gasteiger charge is -2.14. The molecule has 0 saturated heterocycles. The van der Waals surface area contributed by atoms with E-state index in [1.54, 1.807) is 20.1 Å². The lowest BCUT2D eigenvalue weighted by atomic mass is 10.1. The zero-order chi connectivity index (χ0) is 19.9. The molecule has 3 rings (SSSR count). The Morgan fingerprint density at radius 2 is 1.79 bits per heavy atom. The van der Waals surface area contributed by atoms with E-state index in [1.807, 2.05) is 36.4 Å². The van der Waals surface area contributed by atoms with Gasteiger partial charge in [-0.1, -0.05) is 18.2 Å². The summed E-state index contributed by atoms with van der Waals surface area (Å²) in [4.78, 5) is 24.2. The van der Waals surface area contributed by atoms with Crippen molar-refractivity contribution >= 4 is 11.9 Å². The molecule has 1 aliphatic rings. The Hall–Kier alpha value is -3.22. The quantitative estimate of drug-likeness (QED) is 0.704. The second-order valence-corrected chi connectivity index (χ2v) is 6.39. The number of nitrogens with one attached hydrogen (secondary N) is 1. The van der Waals surface area contributed by atoms with Crippen molar-refractivity contribution in [2.24, 2.45) is 0 Å². The Balaban J connectivity index is 1.41. The Labute approximate surface area is 163 Å². The van der Waals surface area contributed by atoms with E-state index < -0.39 is 12.1 Å². The minimum atomic E-state index is -0.864. The molecule has 7 heteroatoms. The van der Waals surface area contributed by atoms with E-state index in [4.69, 9.17) is 18.9 Å². The maximum Gasteiger partial charge on any atom is 0.306 e. The van der Waals surface area contributed by atoms with Crippen LogP contribution < -0.4 is 19.5 Å². The summed E-state index contributed by atoms with van der Waals surface area (Å²) >= 11 is 0. The molecule has 28 heavy (non-hydrogen) atoms. The first-order chi connectivity index (χ1) is 13.5. The third-order valence-electron chi connectivity index (χ3n) is 4.36. The smallest absolute Gasteiger partial charge is 0.306 e. The van der Waals surface area contributed by atoms with Crippen molar-refractivity contribution in [2.75, 3.05) is 13.9 Å². The second-order valence-electron chi connectivity index (χ2n) is 6.39. The standard InChI is InChI=1S/C21H23NO6/c1-14(28-20(23)10-6-15-3-7-17(25-2)8-4-15)21(24)22-12-16-5-9-18-19(11-16)27-13-26-18/h3-5,7-9,11,14H,6,10,12-13H2,1-2H3,(H,22,24). The first-order valence-corrected chi connectivity index (χ1v) is 9.04. The monoisotopic (exact) mass is 385 g/mol. The van der Waals surface area contributed by atoms with Gasteiger partial charge < -0.3 is 24.3 Å². The van der Waals surface area contributed by atoms with Gasteiger partial charge in [0.15, 0.2) is 17.6 Å². The summed E-state index contributed by atoms with van der Waals surface area (Å²) in [5, 5.41) is 2.76. The Bertz CT molecular complexity index is 833. The molecule has 1 atom stereocenters. The topological polar surface area (TPSA) is 83.1 Å². The van der Waals surface area contributed by atoms with Crippen LogP contribution in [0.15, 0.2) is 42.5 Å². The summed E-state index contributed by atoms with van der Waals surface area (Å²) in [7, 11) is 1.60. The molecular formula is C21H23NO6. The molecule has 2 aromatic rings. The second kappa shape index (κ2) is 9.12. The maximum atomic E-state index is 12.2. The summed E-state index contributed by atoms with van der Waals surface area (Å²) in [6, 6.07) is 12.9. The van der Waals surface area contributed by atoms with E-state index in [9.17, 15) is 9.59 Å². The number of carbonyl (C=O) groups excluding carboxylic acids is 2. The van der Waals surface area contributed by atoms with Crippen molar-refractivity contribution in [3.8, 4) is 17.2 Å². The molecular weight excluding hydrogens is 362 g/mol. The molecule has 1 N–H and O–H groups in total. The largest absolute Gasteiger partial charge is 0.497 e. The predicted octanol–water partition coefficient (Wildman–Crippen LogP) is 2.60. The Morgan fingerprint density at radius 3 is 2.54 bits per heavy atom. The summed E-state index contributed by atoms with van der Waals surface area (Å²) in [6.07, 6.45) is -0.127. The molecule has 0 fully saturated rings. The van der Waals surface area contributed by atoms with Gasteiger partial charge in [0.1, 0.15) is 5.75 Å². The van der Waals surface area contributed by atoms with Gasteiger partial charge in [-0.2, -0.15) is 0 Å². The van der Waals surface area contributed by atoms with Crippen molar-refractivity contribution in [3.05, 3.63) is 53.6 Å². The van der Waals surface area contributed by atoms with Crippen molar-refractivity contribution in [3.63, 3.8) is 0 Å². The first kappa shape index (κ1) is 19.5. The van der Waals surface area contributed by atoms with Gasteiger partial charge >= 0.3 is 5.97 Å². The summed E-state index contributed by atoms with van der Waals surface area (Å²) in [5.74, 6) is 1.34. The fourth-order valence-corrected chi connectivity index (χ4v) is 2.73. The molecule has 1 amide bonds. The van der Waals surface area contributed by atoms with Crippen LogP contribution in [-0.4, -0.2) is 31.9 Å². The van der Waals surface area contributed by atoms with Gasteiger partial charge in [-0.05, 0) is 48.7 Å². The van der Waals surface area contributed by atoms with Crippen LogP contribution >= 0.6 is 0 Å². The number of esters is 1. The van der Waals surface area contributed by atoms with Gasteiger partial charge in [0.05, 0.1) is 7.11 Å². The summed E-state index contributed by atoms with van der Waals surface area (Å²) < 4.78 is 20.9. The number of benzene rings is 2. The van der Waals surface area contributed by atoms with Crippen LogP contribution in [0.1, 0.15) is 24.5 Å². The fraction of sp³-hybridized carbons (Fsp3) is 0.333. The van der Waals surface area contributed by atoms with Gasteiger partial charge in [-0.25, -0.2) is 0 Å². The van der Waals surface area contributed by atoms with Gasteiger partial charge in [-0.15, -0.1) is 0 Å². The Kier molecular flexibility index (Phi) is 6.37. The molecule has 1 heterocycles. The van der Waals surface area contributed by atoms with Gasteiger partial charge in [0.2, 0.25) is 6.79 Å². The van der Waals surface area contributed by atoms with Gasteiger partial charge in [-0.3, -0.25) is 9.59 Å². The summed E-state index contributed by atoms with van der Waals surface area (Å²) in [6.45, 7) is 2.07. The van der Waals surface area contributed by atoms with Crippen LogP contribution in [-0.2, 0) is 27.3 Å². The normalized spacial score (nSPS) is 12.9. The lowest BCUT2D eigenvalue weighted by molar-refractivity contribution is -0.154. The molecule has 7 nitrogen and oxygen atoms in total. The minimum absolute atomic E-state index is 0.201. The van der Waals surface area contributed by atoms with Crippen LogP contribution in [0, 0.1) is 0 Å². The van der Waals surface area contributed by atoms with E-state index >= 15 is 0 Å². The molecule has 2 aromatic carbocycles. The number of hydrogen-bond donors (Lipinski definition) is 1. The van der Waals surface area contributed by atoms with Gasteiger partial charge in [0, 0.05) is 13.0 Å². The minimum Gasteiger partial charge on any atom is -0.497 e. The van der Waals surface area contributed by atoms with Crippen LogP contribution in [0.5, 0.6) is 17.2 Å². The molecule has 0 radical (unpaired) electrons. The third kappa shape index (κ3) is 5.16. The number of hydrogen-bond acceptors (Lipinski definition) is 6. The van der Waals surface area contributed by atoms with E-state index in [0.29, 0.717) is 24.5 Å². The van der Waals surface area contributed by atoms with Crippen molar-refractivity contribution in [2.45, 2.75) is 32.4 Å². The molecule has 148 valence electrons. The average Bonchev–Trinajstić information content (AvgIpc) is 3.18. The zero-order valence-corrected chi connectivity index (χ0v) is 15.9. The zero-order valence-electron chi connectivity index (χ0n) is 15.9. The van der Waals surface area contributed by atoms with E-state index in [1.165, 1.54) is 0 Å². The Morgan fingerprint density at radius 1 is 1.07 bits per heavy atom. The van der Waals surface area contributed by atoms with Crippen molar-refractivity contribution in [1.29, 1.82) is 0 Å². The molecule has 1 unspecified atom stereocenters. The third-order valence-corrected chi connectivity index (χ3v) is 4.36. The lowest BCUT2D eigenvalue weighted by Crippen LogP contribution is -2.35. The van der Waals surface area contributed by atoms with Crippen molar-refractivity contribution < 1.29 is 28.5 Å². The van der Waals surface area contributed by atoms with Crippen LogP contribution in [0.25, 0.3) is 0 Å². The number of fused-ring (bicyclic) bond motifs is 1. The molecule has 0 bridgehead atoms. The fourth-order valence-electron chi connectivity index (χ4n) is 2.73. The maximum absolute atomic E-state index is 12.2. The number of ether oxygens (including phenoxy) is 4. The van der Waals surface area contributed by atoms with Crippen LogP contribution in [0.4, 0.5) is 0 Å². The number of carbonyl (C=O) groups is 2. The molecule has 0 aliphatic carbocycles. The number of aryl methyl sites for hydroxylation is 1. The highest BCUT2D eigenvalue weighted by atomic mass is 16.7. The highest BCUT2D eigenvalue weighted by molar-refractivity contribution is 5.83. The predicted molar refractivity (Wildman–Crippen MR) is 101 cm³/mol. The highest BCUT2D eigenvalue weighted by Gasteiger charge is 2.18. The SMILES string of the molecule is COc1ccc(CCC(=O)OC(C)C(=O)NCc2ccc3c(c2)OCO3)cc1. The van der Waals surface area contributed by atoms with Crippen LogP contribution in [0.2, 0.25) is 0 Å². The number of rotatable bonds is 8. The molecule has 0 saturated carbocycles. The molecule has 0 aromatic heterocycles. The molecule has 0 spiro atoms. The van der Waals surface area contributed by atoms with Crippen molar-refractivity contribution in [1.82, 2.24) is 5.32 Å². The van der Waals surface area contributed by atoms with E-state index in [0.717, 1.165) is 16.9 Å². The molecule has 1 aliphatic heterocycles. The van der Waals surface area contributed by atoms with Gasteiger partial charge in [0.25, 0.3) is 5.91 Å². The van der Waals surface area contributed by atoms with Crippen LogP contribution in [0.3, 0.4) is 0 Å². The number of amides is 1. The van der Waals surface area contributed by atoms with E-state index in [-0.39, 0.29) is 19.1 Å². The first-order valence-electron chi connectivity index (χ1n) is 9.04. The highest BCUT2D eigenvalue weighted by Crippen LogP contribution is 2.32.